The molecule has 0 saturated heterocycles. The zero-order chi connectivity index (χ0) is 36.3. The summed E-state index contributed by atoms with van der Waals surface area (Å²) in [4.78, 5) is 2.51. The van der Waals surface area contributed by atoms with Gasteiger partial charge in [0.15, 0.2) is 0 Å². The third-order valence-electron chi connectivity index (χ3n) is 11.9. The van der Waals surface area contributed by atoms with E-state index in [4.69, 9.17) is 4.42 Å². The molecule has 1 saturated carbocycles. The quantitative estimate of drug-likeness (QED) is 0.170. The lowest BCUT2D eigenvalue weighted by Crippen LogP contribution is -2.12. The standard InChI is InChI=1S/C52H39NOS/c1-2-14-34(15-3-1)38-21-10-16-36-17-11-23-41(50(36)38)40-18-4-7-24-44(40)53(45-25-13-29-49-52(45)43-20-6-9-28-48(43)55-49)37-32-30-35(31-33-37)39-22-12-27-47-51(39)42-19-5-8-26-46(42)54-47/h4-13,16-34H,1-3,14-15H2. The second kappa shape index (κ2) is 13.3. The Kier molecular flexibility index (Phi) is 7.81. The molecule has 0 bridgehead atoms. The summed E-state index contributed by atoms with van der Waals surface area (Å²) in [5, 5.41) is 7.61. The van der Waals surface area contributed by atoms with E-state index in [1.54, 1.807) is 0 Å². The highest BCUT2D eigenvalue weighted by molar-refractivity contribution is 7.26. The van der Waals surface area contributed by atoms with Crippen molar-refractivity contribution in [2.45, 2.75) is 38.0 Å². The van der Waals surface area contributed by atoms with Crippen molar-refractivity contribution in [1.82, 2.24) is 0 Å². The number of benzene rings is 8. The van der Waals surface area contributed by atoms with Crippen molar-refractivity contribution in [1.29, 1.82) is 0 Å². The molecule has 0 aliphatic heterocycles. The van der Waals surface area contributed by atoms with Gasteiger partial charge in [0.25, 0.3) is 0 Å². The normalized spacial score (nSPS) is 13.7. The summed E-state index contributed by atoms with van der Waals surface area (Å²) in [6, 6.07) is 62.5. The Labute approximate surface area is 324 Å². The third kappa shape index (κ3) is 5.37. The van der Waals surface area contributed by atoms with Crippen LogP contribution in [0.2, 0.25) is 0 Å². The molecule has 0 unspecified atom stereocenters. The van der Waals surface area contributed by atoms with Gasteiger partial charge in [-0.25, -0.2) is 0 Å². The number of para-hydroxylation sites is 2. The number of rotatable bonds is 6. The number of anilines is 3. The van der Waals surface area contributed by atoms with Crippen LogP contribution in [0.5, 0.6) is 0 Å². The van der Waals surface area contributed by atoms with E-state index in [-0.39, 0.29) is 0 Å². The fraction of sp³-hybridized carbons (Fsp3) is 0.115. The van der Waals surface area contributed by atoms with Crippen molar-refractivity contribution in [3.05, 3.63) is 175 Å². The predicted octanol–water partition coefficient (Wildman–Crippen LogP) is 16.0. The van der Waals surface area contributed by atoms with Crippen LogP contribution >= 0.6 is 11.3 Å². The minimum absolute atomic E-state index is 0.595. The van der Waals surface area contributed by atoms with E-state index in [9.17, 15) is 0 Å². The Morgan fingerprint density at radius 2 is 1.11 bits per heavy atom. The lowest BCUT2D eigenvalue weighted by atomic mass is 9.80. The van der Waals surface area contributed by atoms with E-state index in [1.165, 1.54) is 102 Å². The van der Waals surface area contributed by atoms with Crippen molar-refractivity contribution in [2.24, 2.45) is 0 Å². The number of nitrogens with zero attached hydrogens (tertiary/aromatic N) is 1. The molecule has 10 aromatic rings. The monoisotopic (exact) mass is 725 g/mol. The summed E-state index contributed by atoms with van der Waals surface area (Å²) >= 11 is 1.87. The number of furan rings is 1. The Morgan fingerprint density at radius 1 is 0.455 bits per heavy atom. The van der Waals surface area contributed by atoms with Gasteiger partial charge in [-0.2, -0.15) is 0 Å². The van der Waals surface area contributed by atoms with E-state index < -0.39 is 0 Å². The first-order valence-corrected chi connectivity index (χ1v) is 20.4. The zero-order valence-corrected chi connectivity index (χ0v) is 31.4. The second-order valence-electron chi connectivity index (χ2n) is 15.0. The number of thiophene rings is 1. The fourth-order valence-corrected chi connectivity index (χ4v) is 10.5. The summed E-state index contributed by atoms with van der Waals surface area (Å²) in [6.45, 7) is 0. The highest BCUT2D eigenvalue weighted by atomic mass is 32.1. The Bertz CT molecular complexity index is 3030. The van der Waals surface area contributed by atoms with Gasteiger partial charge >= 0.3 is 0 Å². The maximum atomic E-state index is 6.29. The second-order valence-corrected chi connectivity index (χ2v) is 16.1. The van der Waals surface area contributed by atoms with Crippen LogP contribution in [0.3, 0.4) is 0 Å². The smallest absolute Gasteiger partial charge is 0.136 e. The molecule has 3 heteroatoms. The molecule has 8 aromatic carbocycles. The Hall–Kier alpha value is -6.16. The van der Waals surface area contributed by atoms with Crippen LogP contribution < -0.4 is 4.90 Å². The molecule has 11 rings (SSSR count). The molecule has 1 aliphatic carbocycles. The zero-order valence-electron chi connectivity index (χ0n) is 30.5. The van der Waals surface area contributed by atoms with Crippen LogP contribution in [0.15, 0.2) is 174 Å². The summed E-state index contributed by atoms with van der Waals surface area (Å²) in [7, 11) is 0. The number of hydrogen-bond acceptors (Lipinski definition) is 3. The fourth-order valence-electron chi connectivity index (χ4n) is 9.40. The van der Waals surface area contributed by atoms with Gasteiger partial charge in [-0.3, -0.25) is 0 Å². The number of hydrogen-bond donors (Lipinski definition) is 0. The van der Waals surface area contributed by atoms with Gasteiger partial charge in [0.05, 0.1) is 11.4 Å². The molecule has 0 spiro atoms. The first kappa shape index (κ1) is 32.3. The topological polar surface area (TPSA) is 16.4 Å². The van der Waals surface area contributed by atoms with Gasteiger partial charge in [-0.15, -0.1) is 11.3 Å². The van der Waals surface area contributed by atoms with Gasteiger partial charge in [-0.05, 0) is 100 Å². The Balaban J connectivity index is 1.14. The minimum atomic E-state index is 0.595. The first-order valence-electron chi connectivity index (χ1n) is 19.6. The Morgan fingerprint density at radius 3 is 2.00 bits per heavy atom. The molecule has 2 aromatic heterocycles. The predicted molar refractivity (Wildman–Crippen MR) is 235 cm³/mol. The van der Waals surface area contributed by atoms with Gasteiger partial charge in [-0.1, -0.05) is 141 Å². The average molecular weight is 726 g/mol. The van der Waals surface area contributed by atoms with Crippen LogP contribution in [0.4, 0.5) is 17.1 Å². The van der Waals surface area contributed by atoms with Gasteiger partial charge < -0.3 is 9.32 Å². The maximum absolute atomic E-state index is 6.29. The molecule has 2 heterocycles. The van der Waals surface area contributed by atoms with Crippen molar-refractivity contribution in [2.75, 3.05) is 4.90 Å². The van der Waals surface area contributed by atoms with E-state index in [0.717, 1.165) is 27.6 Å². The number of fused-ring (bicyclic) bond motifs is 7. The highest BCUT2D eigenvalue weighted by Crippen LogP contribution is 2.49. The molecular formula is C52H39NOS. The minimum Gasteiger partial charge on any atom is -0.456 e. The van der Waals surface area contributed by atoms with E-state index in [2.05, 4.69) is 169 Å². The molecule has 0 radical (unpaired) electrons. The third-order valence-corrected chi connectivity index (χ3v) is 13.0. The molecule has 0 N–H and O–H groups in total. The van der Waals surface area contributed by atoms with Crippen LogP contribution in [0, 0.1) is 0 Å². The van der Waals surface area contributed by atoms with Gasteiger partial charge in [0.1, 0.15) is 11.2 Å². The van der Waals surface area contributed by atoms with Crippen molar-refractivity contribution in [3.8, 4) is 22.3 Å². The van der Waals surface area contributed by atoms with Gasteiger partial charge in [0, 0.05) is 42.2 Å². The lowest BCUT2D eigenvalue weighted by Gasteiger charge is -2.30. The largest absolute Gasteiger partial charge is 0.456 e. The van der Waals surface area contributed by atoms with Crippen molar-refractivity contribution in [3.63, 3.8) is 0 Å². The van der Waals surface area contributed by atoms with Crippen LogP contribution in [0.25, 0.3) is 75.1 Å². The van der Waals surface area contributed by atoms with Crippen molar-refractivity contribution >= 4 is 81.3 Å². The molecular weight excluding hydrogens is 687 g/mol. The van der Waals surface area contributed by atoms with E-state index in [1.807, 2.05) is 17.4 Å². The summed E-state index contributed by atoms with van der Waals surface area (Å²) < 4.78 is 8.88. The molecule has 1 aliphatic rings. The van der Waals surface area contributed by atoms with Crippen LogP contribution in [0.1, 0.15) is 43.6 Å². The molecule has 0 amide bonds. The van der Waals surface area contributed by atoms with Crippen LogP contribution in [-0.4, -0.2) is 0 Å². The maximum Gasteiger partial charge on any atom is 0.136 e. The van der Waals surface area contributed by atoms with Gasteiger partial charge in [0.2, 0.25) is 0 Å². The molecule has 1 fully saturated rings. The molecule has 0 atom stereocenters. The SMILES string of the molecule is c1ccc(N(c2ccc(-c3cccc4oc5ccccc5c34)cc2)c2cccc3sc4ccccc4c23)c(-c2cccc3cccc(C4CCCCC4)c23)c1. The molecule has 2 nitrogen and oxygen atoms in total. The summed E-state index contributed by atoms with van der Waals surface area (Å²) in [5.74, 6) is 0.595. The molecule has 55 heavy (non-hydrogen) atoms. The lowest BCUT2D eigenvalue weighted by molar-refractivity contribution is 0.445. The summed E-state index contributed by atoms with van der Waals surface area (Å²) in [6.07, 6.45) is 6.51. The first-order chi connectivity index (χ1) is 27.3. The highest BCUT2D eigenvalue weighted by Gasteiger charge is 2.24. The van der Waals surface area contributed by atoms with Crippen LogP contribution in [-0.2, 0) is 0 Å². The average Bonchev–Trinajstić information content (AvgIpc) is 3.83. The molecule has 264 valence electrons. The van der Waals surface area contributed by atoms with E-state index >= 15 is 0 Å². The van der Waals surface area contributed by atoms with E-state index in [0.29, 0.717) is 5.92 Å². The van der Waals surface area contributed by atoms with Crippen molar-refractivity contribution < 1.29 is 4.42 Å². The summed E-state index contributed by atoms with van der Waals surface area (Å²) in [5.41, 5.74) is 11.7.